The van der Waals surface area contributed by atoms with E-state index in [2.05, 4.69) is 41.6 Å². The van der Waals surface area contributed by atoms with Gasteiger partial charge in [-0.2, -0.15) is 5.10 Å². The molecule has 1 aliphatic heterocycles. The first-order valence-corrected chi connectivity index (χ1v) is 7.57. The Labute approximate surface area is 125 Å². The Balaban J connectivity index is 1.74. The zero-order chi connectivity index (χ0) is 15.2. The minimum atomic E-state index is -0.0873. The van der Waals surface area contributed by atoms with Crippen LogP contribution in [0.1, 0.15) is 42.5 Å². The van der Waals surface area contributed by atoms with Gasteiger partial charge in [-0.15, -0.1) is 0 Å². The normalized spacial score (nSPS) is 30.4. The molecule has 2 aliphatic rings. The van der Waals surface area contributed by atoms with Crippen LogP contribution in [0.4, 0.5) is 0 Å². The van der Waals surface area contributed by atoms with E-state index in [1.165, 1.54) is 0 Å². The number of aromatic amines is 1. The lowest BCUT2D eigenvalue weighted by molar-refractivity contribution is -0.141. The minimum absolute atomic E-state index is 0.0571. The van der Waals surface area contributed by atoms with E-state index in [1.807, 2.05) is 0 Å². The van der Waals surface area contributed by atoms with E-state index in [0.717, 1.165) is 24.2 Å². The number of ether oxygens (including phenoxy) is 1. The minimum Gasteiger partial charge on any atom is -0.380 e. The monoisotopic (exact) mass is 292 g/mol. The third-order valence-corrected chi connectivity index (χ3v) is 5.10. The summed E-state index contributed by atoms with van der Waals surface area (Å²) in [5.41, 5.74) is 2.56. The van der Waals surface area contributed by atoms with E-state index in [9.17, 15) is 4.79 Å². The summed E-state index contributed by atoms with van der Waals surface area (Å²) in [5.74, 6) is 0.220. The highest BCUT2D eigenvalue weighted by Crippen LogP contribution is 2.47. The molecule has 1 aliphatic carbocycles. The number of H-pyrrole nitrogens is 1. The number of hydrogen-bond donors (Lipinski definition) is 3. The molecule has 6 heteroatoms. The molecule has 0 radical (unpaired) electrons. The van der Waals surface area contributed by atoms with Gasteiger partial charge < -0.3 is 15.4 Å². The number of amides is 1. The Hall–Kier alpha value is -1.40. The lowest BCUT2D eigenvalue weighted by atomic mass is 9.58. The van der Waals surface area contributed by atoms with E-state index in [0.29, 0.717) is 18.2 Å². The van der Waals surface area contributed by atoms with Crippen molar-refractivity contribution in [2.24, 2.45) is 11.3 Å². The molecule has 3 N–H and O–H groups in total. The van der Waals surface area contributed by atoms with Gasteiger partial charge >= 0.3 is 0 Å². The summed E-state index contributed by atoms with van der Waals surface area (Å²) in [5, 5.41) is 13.6. The molecule has 3 unspecified atom stereocenters. The second-order valence-electron chi connectivity index (χ2n) is 6.74. The van der Waals surface area contributed by atoms with Crippen molar-refractivity contribution in [3.05, 3.63) is 17.0 Å². The summed E-state index contributed by atoms with van der Waals surface area (Å²) in [6, 6.07) is 0.110. The maximum Gasteiger partial charge on any atom is 0.272 e. The average Bonchev–Trinajstić information content (AvgIpc) is 2.88. The van der Waals surface area contributed by atoms with Gasteiger partial charge in [0.05, 0.1) is 6.10 Å². The molecule has 1 saturated carbocycles. The number of aromatic nitrogens is 2. The SMILES string of the molecule is COC1C(C)C(NC(=O)c2n[nH]c3c2CNCC3)C1(C)C. The summed E-state index contributed by atoms with van der Waals surface area (Å²) >= 11 is 0. The zero-order valence-corrected chi connectivity index (χ0v) is 13.1. The van der Waals surface area contributed by atoms with Crippen LogP contribution in [0.3, 0.4) is 0 Å². The van der Waals surface area contributed by atoms with Gasteiger partial charge in [0.15, 0.2) is 5.69 Å². The number of methoxy groups -OCH3 is 1. The highest BCUT2D eigenvalue weighted by atomic mass is 16.5. The van der Waals surface area contributed by atoms with Gasteiger partial charge in [-0.05, 0) is 0 Å². The van der Waals surface area contributed by atoms with Crippen LogP contribution in [0.25, 0.3) is 0 Å². The van der Waals surface area contributed by atoms with Crippen LogP contribution in [0, 0.1) is 11.3 Å². The van der Waals surface area contributed by atoms with Crippen molar-refractivity contribution in [3.63, 3.8) is 0 Å². The molecule has 0 saturated heterocycles. The summed E-state index contributed by atoms with van der Waals surface area (Å²) < 4.78 is 5.52. The second-order valence-corrected chi connectivity index (χ2v) is 6.74. The lowest BCUT2D eigenvalue weighted by Crippen LogP contribution is -2.67. The van der Waals surface area contributed by atoms with Gasteiger partial charge in [0, 0.05) is 55.3 Å². The van der Waals surface area contributed by atoms with E-state index in [1.54, 1.807) is 7.11 Å². The van der Waals surface area contributed by atoms with E-state index < -0.39 is 0 Å². The Kier molecular flexibility index (Phi) is 3.53. The molecule has 6 nitrogen and oxygen atoms in total. The molecule has 1 amide bonds. The van der Waals surface area contributed by atoms with E-state index in [4.69, 9.17) is 4.74 Å². The molecular weight excluding hydrogens is 268 g/mol. The van der Waals surface area contributed by atoms with Gasteiger partial charge in [0.2, 0.25) is 0 Å². The number of carbonyl (C=O) groups is 1. The van der Waals surface area contributed by atoms with Crippen LogP contribution < -0.4 is 10.6 Å². The standard InChI is InChI=1S/C15H24N4O2/c1-8-12(15(2,3)13(8)21-4)17-14(20)11-9-7-16-6-5-10(9)18-19-11/h8,12-13,16H,5-7H2,1-4H3,(H,17,20)(H,18,19). The Bertz CT molecular complexity index is 552. The summed E-state index contributed by atoms with van der Waals surface area (Å²) in [4.78, 5) is 12.5. The van der Waals surface area contributed by atoms with Crippen LogP contribution in [-0.4, -0.2) is 41.9 Å². The van der Waals surface area contributed by atoms with Crippen molar-refractivity contribution in [2.75, 3.05) is 13.7 Å². The second kappa shape index (κ2) is 5.10. The predicted molar refractivity (Wildman–Crippen MR) is 79.0 cm³/mol. The first-order chi connectivity index (χ1) is 9.96. The molecule has 0 bridgehead atoms. The topological polar surface area (TPSA) is 79.0 Å². The average molecular weight is 292 g/mol. The molecule has 116 valence electrons. The maximum atomic E-state index is 12.5. The molecule has 0 spiro atoms. The van der Waals surface area contributed by atoms with Gasteiger partial charge in [-0.3, -0.25) is 9.89 Å². The highest BCUT2D eigenvalue weighted by molar-refractivity contribution is 5.94. The van der Waals surface area contributed by atoms with Gasteiger partial charge in [0.1, 0.15) is 0 Å². The van der Waals surface area contributed by atoms with Gasteiger partial charge in [-0.25, -0.2) is 0 Å². The number of carbonyl (C=O) groups excluding carboxylic acids is 1. The Morgan fingerprint density at radius 3 is 2.90 bits per heavy atom. The first-order valence-electron chi connectivity index (χ1n) is 7.57. The number of rotatable bonds is 3. The van der Waals surface area contributed by atoms with Crippen LogP contribution in [0.15, 0.2) is 0 Å². The Morgan fingerprint density at radius 2 is 2.24 bits per heavy atom. The predicted octanol–water partition coefficient (Wildman–Crippen LogP) is 0.845. The van der Waals surface area contributed by atoms with Crippen LogP contribution in [0.2, 0.25) is 0 Å². The molecule has 1 aromatic heterocycles. The smallest absolute Gasteiger partial charge is 0.272 e. The van der Waals surface area contributed by atoms with E-state index >= 15 is 0 Å². The van der Waals surface area contributed by atoms with Crippen LogP contribution in [0.5, 0.6) is 0 Å². The molecule has 0 aromatic carbocycles. The van der Waals surface area contributed by atoms with Crippen molar-refractivity contribution in [2.45, 2.75) is 45.9 Å². The molecule has 21 heavy (non-hydrogen) atoms. The fourth-order valence-electron chi connectivity index (χ4n) is 4.05. The molecule has 1 aromatic rings. The first kappa shape index (κ1) is 14.5. The molecule has 3 atom stereocenters. The zero-order valence-electron chi connectivity index (χ0n) is 13.1. The van der Waals surface area contributed by atoms with Gasteiger partial charge in [0.25, 0.3) is 5.91 Å². The number of hydrogen-bond acceptors (Lipinski definition) is 4. The lowest BCUT2D eigenvalue weighted by Gasteiger charge is -2.56. The number of fused-ring (bicyclic) bond motifs is 1. The van der Waals surface area contributed by atoms with Crippen LogP contribution in [-0.2, 0) is 17.7 Å². The molecular formula is C15H24N4O2. The molecule has 2 heterocycles. The summed E-state index contributed by atoms with van der Waals surface area (Å²) in [7, 11) is 1.73. The van der Waals surface area contributed by atoms with Crippen molar-refractivity contribution in [1.29, 1.82) is 0 Å². The fourth-order valence-corrected chi connectivity index (χ4v) is 4.05. The van der Waals surface area contributed by atoms with Crippen molar-refractivity contribution in [1.82, 2.24) is 20.8 Å². The fraction of sp³-hybridized carbons (Fsp3) is 0.733. The quantitative estimate of drug-likeness (QED) is 0.771. The third kappa shape index (κ3) is 2.17. The number of nitrogens with one attached hydrogen (secondary N) is 3. The van der Waals surface area contributed by atoms with Gasteiger partial charge in [-0.1, -0.05) is 20.8 Å². The number of nitrogens with zero attached hydrogens (tertiary/aromatic N) is 1. The largest absolute Gasteiger partial charge is 0.380 e. The summed E-state index contributed by atoms with van der Waals surface area (Å²) in [6.07, 6.45) is 1.07. The van der Waals surface area contributed by atoms with Crippen molar-refractivity contribution < 1.29 is 9.53 Å². The third-order valence-electron chi connectivity index (χ3n) is 5.10. The summed E-state index contributed by atoms with van der Waals surface area (Å²) in [6.45, 7) is 8.02. The van der Waals surface area contributed by atoms with Crippen molar-refractivity contribution >= 4 is 5.91 Å². The molecule has 3 rings (SSSR count). The van der Waals surface area contributed by atoms with Crippen molar-refractivity contribution in [3.8, 4) is 0 Å². The Morgan fingerprint density at radius 1 is 1.48 bits per heavy atom. The highest BCUT2D eigenvalue weighted by Gasteiger charge is 2.55. The van der Waals surface area contributed by atoms with Crippen LogP contribution >= 0.6 is 0 Å². The molecule has 1 fully saturated rings. The maximum absolute atomic E-state index is 12.5. The van der Waals surface area contributed by atoms with E-state index in [-0.39, 0.29) is 23.5 Å².